The van der Waals surface area contributed by atoms with E-state index in [0.29, 0.717) is 41.3 Å². The fourth-order valence-corrected chi connectivity index (χ4v) is 2.84. The molecule has 1 heterocycles. The van der Waals surface area contributed by atoms with Crippen molar-refractivity contribution in [1.29, 1.82) is 0 Å². The van der Waals surface area contributed by atoms with E-state index in [2.05, 4.69) is 15.3 Å². The molecule has 1 atom stereocenters. The van der Waals surface area contributed by atoms with Crippen LogP contribution in [0.25, 0.3) is 10.9 Å². The maximum Gasteiger partial charge on any atom is 0.275 e. The highest BCUT2D eigenvalue weighted by Gasteiger charge is 2.20. The van der Waals surface area contributed by atoms with Crippen LogP contribution in [0.2, 0.25) is 0 Å². The van der Waals surface area contributed by atoms with Crippen molar-refractivity contribution >= 4 is 16.8 Å². The third-order valence-electron chi connectivity index (χ3n) is 4.10. The Balaban J connectivity index is 2.27. The number of H-pyrrole nitrogens is 1. The number of carbonyl (C=O) groups excluding carboxylic acids is 1. The van der Waals surface area contributed by atoms with Gasteiger partial charge < -0.3 is 24.7 Å². The molecule has 0 spiro atoms. The molecule has 1 amide bonds. The fraction of sp³-hybridized carbons (Fsp3) is 0.526. The fourth-order valence-electron chi connectivity index (χ4n) is 2.84. The molecule has 0 aliphatic rings. The number of quaternary nitrogens is 1. The molecule has 8 heteroatoms. The summed E-state index contributed by atoms with van der Waals surface area (Å²) in [6.45, 7) is 9.30. The predicted octanol–water partition coefficient (Wildman–Crippen LogP) is 0.260. The number of nitrogens with one attached hydrogen (secondary N) is 3. The number of fused-ring (bicyclic) bond motifs is 1. The summed E-state index contributed by atoms with van der Waals surface area (Å²) in [6.07, 6.45) is 0. The Morgan fingerprint density at radius 3 is 2.41 bits per heavy atom. The van der Waals surface area contributed by atoms with E-state index < -0.39 is 0 Å². The summed E-state index contributed by atoms with van der Waals surface area (Å²) in [5.74, 6) is 1.48. The van der Waals surface area contributed by atoms with E-state index in [1.54, 1.807) is 12.1 Å². The largest absolute Gasteiger partial charge is 0.493 e. The quantitative estimate of drug-likeness (QED) is 0.643. The van der Waals surface area contributed by atoms with E-state index in [-0.39, 0.29) is 17.0 Å². The van der Waals surface area contributed by atoms with E-state index in [9.17, 15) is 9.59 Å². The molecule has 0 radical (unpaired) electrons. The van der Waals surface area contributed by atoms with Gasteiger partial charge in [0, 0.05) is 11.6 Å². The number of methoxy groups -OCH3 is 2. The van der Waals surface area contributed by atoms with Gasteiger partial charge in [-0.05, 0) is 33.8 Å². The number of amides is 1. The number of nitrogens with zero attached hydrogens (tertiary/aromatic N) is 1. The van der Waals surface area contributed by atoms with Crippen LogP contribution < -0.4 is 25.2 Å². The molecular weight excluding hydrogens is 348 g/mol. The van der Waals surface area contributed by atoms with Crippen molar-refractivity contribution in [1.82, 2.24) is 15.3 Å². The Morgan fingerprint density at radius 2 is 1.85 bits per heavy atom. The number of hydrogen-bond donors (Lipinski definition) is 3. The average molecular weight is 377 g/mol. The van der Waals surface area contributed by atoms with Crippen LogP contribution in [0.15, 0.2) is 16.9 Å². The number of benzene rings is 1. The van der Waals surface area contributed by atoms with Gasteiger partial charge in [-0.3, -0.25) is 9.59 Å². The standard InChI is InChI=1S/C19H28N4O4/c1-7-23(11-17(24)22-19(2,3)4)10-16-20-13-9-15(27-6)14(26-5)8-12(13)18(25)21-16/h8-9H,7,10-11H2,1-6H3,(H,22,24)(H,20,21,25)/p+1. The van der Waals surface area contributed by atoms with Crippen molar-refractivity contribution in [3.05, 3.63) is 28.3 Å². The summed E-state index contributed by atoms with van der Waals surface area (Å²) in [4.78, 5) is 33.0. The Bertz CT molecular complexity index is 870. The first kappa shape index (κ1) is 20.7. The smallest absolute Gasteiger partial charge is 0.275 e. The van der Waals surface area contributed by atoms with Gasteiger partial charge in [0.25, 0.3) is 11.5 Å². The summed E-state index contributed by atoms with van der Waals surface area (Å²) in [6, 6.07) is 3.30. The molecule has 0 bridgehead atoms. The number of rotatable bonds is 7. The second kappa shape index (κ2) is 8.39. The highest BCUT2D eigenvalue weighted by molar-refractivity contribution is 5.81. The molecule has 1 aromatic heterocycles. The molecule has 8 nitrogen and oxygen atoms in total. The zero-order valence-electron chi connectivity index (χ0n) is 16.9. The molecule has 0 fully saturated rings. The number of aromatic amines is 1. The molecule has 1 unspecified atom stereocenters. The van der Waals surface area contributed by atoms with Crippen molar-refractivity contribution < 1.29 is 19.2 Å². The molecule has 0 aliphatic heterocycles. The topological polar surface area (TPSA) is 97.8 Å². The summed E-state index contributed by atoms with van der Waals surface area (Å²) < 4.78 is 10.5. The van der Waals surface area contributed by atoms with Crippen LogP contribution in [0.3, 0.4) is 0 Å². The first-order valence-electron chi connectivity index (χ1n) is 8.96. The lowest BCUT2D eigenvalue weighted by Gasteiger charge is -2.23. The molecule has 0 saturated heterocycles. The zero-order chi connectivity index (χ0) is 20.2. The lowest BCUT2D eigenvalue weighted by atomic mass is 10.1. The predicted molar refractivity (Wildman–Crippen MR) is 103 cm³/mol. The number of aromatic nitrogens is 2. The van der Waals surface area contributed by atoms with E-state index >= 15 is 0 Å². The van der Waals surface area contributed by atoms with Gasteiger partial charge in [0.1, 0.15) is 6.54 Å². The van der Waals surface area contributed by atoms with Crippen molar-refractivity contribution in [2.45, 2.75) is 39.8 Å². The van der Waals surface area contributed by atoms with Crippen LogP contribution in [0.4, 0.5) is 0 Å². The Morgan fingerprint density at radius 1 is 1.22 bits per heavy atom. The molecule has 27 heavy (non-hydrogen) atoms. The highest BCUT2D eigenvalue weighted by atomic mass is 16.5. The summed E-state index contributed by atoms with van der Waals surface area (Å²) in [7, 11) is 3.05. The van der Waals surface area contributed by atoms with Crippen LogP contribution in [-0.4, -0.2) is 48.7 Å². The Hall–Kier alpha value is -2.61. The van der Waals surface area contributed by atoms with Crippen LogP contribution >= 0.6 is 0 Å². The van der Waals surface area contributed by atoms with Crippen LogP contribution in [0.1, 0.15) is 33.5 Å². The molecule has 2 aromatic rings. The van der Waals surface area contributed by atoms with Crippen LogP contribution in [-0.2, 0) is 11.3 Å². The summed E-state index contributed by atoms with van der Waals surface area (Å²) in [5.41, 5.74) is 0.00711. The van der Waals surface area contributed by atoms with Gasteiger partial charge >= 0.3 is 0 Å². The minimum atomic E-state index is -0.277. The SMILES string of the molecule is CC[NH+](CC(=O)NC(C)(C)C)Cc1nc2cc(OC)c(OC)cc2c(=O)[nH]1. The van der Waals surface area contributed by atoms with Crippen molar-refractivity contribution in [2.24, 2.45) is 0 Å². The zero-order valence-corrected chi connectivity index (χ0v) is 16.9. The van der Waals surface area contributed by atoms with Gasteiger partial charge in [0.05, 0.1) is 31.7 Å². The summed E-state index contributed by atoms with van der Waals surface area (Å²) >= 11 is 0. The highest BCUT2D eigenvalue weighted by Crippen LogP contribution is 2.29. The normalized spacial score (nSPS) is 12.7. The molecule has 1 aromatic carbocycles. The van der Waals surface area contributed by atoms with Crippen molar-refractivity contribution in [2.75, 3.05) is 27.3 Å². The first-order chi connectivity index (χ1) is 12.7. The molecule has 2 rings (SSSR count). The van der Waals surface area contributed by atoms with Crippen LogP contribution in [0.5, 0.6) is 11.5 Å². The number of likely N-dealkylation sites (N-methyl/N-ethyl adjacent to an activating group) is 1. The van der Waals surface area contributed by atoms with Gasteiger partial charge in [0.15, 0.2) is 23.9 Å². The Kier molecular flexibility index (Phi) is 6.43. The minimum absolute atomic E-state index is 0.0334. The molecule has 0 aliphatic carbocycles. The molecule has 0 saturated carbocycles. The van der Waals surface area contributed by atoms with Gasteiger partial charge in [-0.15, -0.1) is 0 Å². The lowest BCUT2D eigenvalue weighted by Crippen LogP contribution is -3.11. The summed E-state index contributed by atoms with van der Waals surface area (Å²) in [5, 5.41) is 3.39. The van der Waals surface area contributed by atoms with Gasteiger partial charge in [-0.2, -0.15) is 0 Å². The lowest BCUT2D eigenvalue weighted by molar-refractivity contribution is -0.904. The Labute approximate surface area is 158 Å². The van der Waals surface area contributed by atoms with Crippen molar-refractivity contribution in [3.63, 3.8) is 0 Å². The van der Waals surface area contributed by atoms with E-state index in [1.165, 1.54) is 14.2 Å². The third-order valence-corrected chi connectivity index (χ3v) is 4.10. The van der Waals surface area contributed by atoms with Gasteiger partial charge in [-0.1, -0.05) is 0 Å². The van der Waals surface area contributed by atoms with Crippen LogP contribution in [0, 0.1) is 0 Å². The molecule has 148 valence electrons. The second-order valence-electron chi connectivity index (χ2n) is 7.49. The number of ether oxygens (including phenoxy) is 2. The number of hydrogen-bond acceptors (Lipinski definition) is 5. The number of carbonyl (C=O) groups is 1. The van der Waals surface area contributed by atoms with Crippen molar-refractivity contribution in [3.8, 4) is 11.5 Å². The van der Waals surface area contributed by atoms with E-state index in [0.717, 1.165) is 11.4 Å². The molecular formula is C19H29N4O4+. The third kappa shape index (κ3) is 5.43. The van der Waals surface area contributed by atoms with Gasteiger partial charge in [0.2, 0.25) is 0 Å². The minimum Gasteiger partial charge on any atom is -0.493 e. The van der Waals surface area contributed by atoms with Gasteiger partial charge in [-0.25, -0.2) is 4.98 Å². The average Bonchev–Trinajstić information content (AvgIpc) is 2.58. The maximum absolute atomic E-state index is 12.5. The maximum atomic E-state index is 12.5. The van der Waals surface area contributed by atoms with E-state index in [4.69, 9.17) is 9.47 Å². The molecule has 3 N–H and O–H groups in total. The van der Waals surface area contributed by atoms with E-state index in [1.807, 2.05) is 27.7 Å². The first-order valence-corrected chi connectivity index (χ1v) is 8.96. The monoisotopic (exact) mass is 377 g/mol. The second-order valence-corrected chi connectivity index (χ2v) is 7.49.